The molecule has 0 saturated carbocycles. The molecule has 0 aromatic carbocycles. The lowest BCUT2D eigenvalue weighted by atomic mass is 9.78. The zero-order chi connectivity index (χ0) is 42.9. The number of hydrogen-bond acceptors (Lipinski definition) is 12. The molecule has 1 spiro atoms. The van der Waals surface area contributed by atoms with Gasteiger partial charge in [0.1, 0.15) is 17.8 Å². The van der Waals surface area contributed by atoms with E-state index in [-0.39, 0.29) is 36.3 Å². The fraction of sp³-hybridized carbons (Fsp3) is 0.804. The highest BCUT2D eigenvalue weighted by Crippen LogP contribution is 2.45. The summed E-state index contributed by atoms with van der Waals surface area (Å²) in [5.74, 6) is -0.0968. The fourth-order valence-corrected chi connectivity index (χ4v) is 9.04. The van der Waals surface area contributed by atoms with Gasteiger partial charge in [-0.15, -0.1) is 0 Å². The molecule has 4 aliphatic heterocycles. The third-order valence-electron chi connectivity index (χ3n) is 12.6. The topological polar surface area (TPSA) is 183 Å². The second-order valence-corrected chi connectivity index (χ2v) is 17.4. The van der Waals surface area contributed by atoms with Crippen LogP contribution in [-0.4, -0.2) is 119 Å². The van der Waals surface area contributed by atoms with E-state index in [9.17, 15) is 20.1 Å². The molecular weight excluding hydrogens is 760 g/mol. The summed E-state index contributed by atoms with van der Waals surface area (Å²) in [6, 6.07) is 0. The van der Waals surface area contributed by atoms with Crippen LogP contribution in [0.4, 0.5) is 4.79 Å². The Labute approximate surface area is 353 Å². The van der Waals surface area contributed by atoms with Crippen LogP contribution < -0.4 is 0 Å². The second kappa shape index (κ2) is 22.8. The van der Waals surface area contributed by atoms with Crippen molar-refractivity contribution in [2.75, 3.05) is 13.7 Å². The molecule has 0 amide bonds. The Morgan fingerprint density at radius 3 is 2.47 bits per heavy atom. The van der Waals surface area contributed by atoms with Crippen molar-refractivity contribution in [1.29, 1.82) is 0 Å². The molecule has 4 fully saturated rings. The second-order valence-electron chi connectivity index (χ2n) is 17.4. The van der Waals surface area contributed by atoms with Crippen LogP contribution in [0.15, 0.2) is 47.1 Å². The summed E-state index contributed by atoms with van der Waals surface area (Å²) in [4.78, 5) is 12.4. The van der Waals surface area contributed by atoms with E-state index in [1.165, 1.54) is 0 Å². The van der Waals surface area contributed by atoms with Crippen LogP contribution in [-0.2, 0) is 37.9 Å². The number of carbonyl (C=O) groups excluding carboxylic acids is 1. The van der Waals surface area contributed by atoms with Gasteiger partial charge in [-0.1, -0.05) is 78.3 Å². The highest BCUT2D eigenvalue weighted by molar-refractivity contribution is 5.61. The fourth-order valence-electron chi connectivity index (χ4n) is 9.04. The summed E-state index contributed by atoms with van der Waals surface area (Å²) in [5, 5.41) is 33.6. The summed E-state index contributed by atoms with van der Waals surface area (Å²) >= 11 is 0. The zero-order valence-electron chi connectivity index (χ0n) is 37.8. The van der Waals surface area contributed by atoms with Gasteiger partial charge >= 0.3 is 6.16 Å². The molecule has 15 atom stereocenters. The first-order chi connectivity index (χ1) is 27.5. The quantitative estimate of drug-likeness (QED) is 0.127. The van der Waals surface area contributed by atoms with E-state index >= 15 is 0 Å². The minimum atomic E-state index is -1.35. The van der Waals surface area contributed by atoms with Gasteiger partial charge in [-0.05, 0) is 76.0 Å². The van der Waals surface area contributed by atoms with Gasteiger partial charge < -0.3 is 58.7 Å². The first-order valence-corrected chi connectivity index (χ1v) is 22.0. The molecule has 0 bridgehead atoms. The maximum Gasteiger partial charge on any atom is 0.509 e. The average molecular weight is 839 g/mol. The van der Waals surface area contributed by atoms with Crippen LogP contribution in [0.2, 0.25) is 0 Å². The number of carbonyl (C=O) groups is 1. The van der Waals surface area contributed by atoms with E-state index in [4.69, 9.17) is 37.9 Å². The van der Waals surface area contributed by atoms with Gasteiger partial charge in [0.15, 0.2) is 18.2 Å². The Hall–Kier alpha value is -2.17. The van der Waals surface area contributed by atoms with Crippen molar-refractivity contribution < 1.29 is 63.5 Å². The summed E-state index contributed by atoms with van der Waals surface area (Å²) in [6.45, 7) is 22.1. The number of aliphatic hydroxyl groups excluding tert-OH is 2. The van der Waals surface area contributed by atoms with E-state index in [2.05, 4.69) is 33.8 Å². The summed E-state index contributed by atoms with van der Waals surface area (Å²) < 4.78 is 48.8. The van der Waals surface area contributed by atoms with Crippen molar-refractivity contribution in [2.45, 2.75) is 206 Å². The Morgan fingerprint density at radius 2 is 1.81 bits per heavy atom. The Bertz CT molecular complexity index is 1440. The zero-order valence-corrected chi connectivity index (χ0v) is 37.8. The standard InChI is InChI=1S/C44H70O12.C2H6.H2O/c1-11-26(4)39-29(7)17-19-43(56-39)23-33(45)21-34(55-43)16-15-28(6)38(53-36-22-35(49-10)37(46)31(9)52-36)27(5)13-12-14-32-24-50-41-40(54-42(47)51-25(2)3)30(8)18-20-44(32,41)48;1-2;/h12-15,18,25-27,29,31,33-41,45-46,48H,11,16-17,19-24H2,1-10H3;1-2H3;1H2/b13-12+,28-15+,32-14+;;/t26-,27-,29-,31-,33-,34+,35-,36-,37-,38-,39?,40+,41+,43+,44?;;/m0../s1. The predicted octanol–water partition coefficient (Wildman–Crippen LogP) is 7.05. The maximum absolute atomic E-state index is 12.4. The van der Waals surface area contributed by atoms with E-state index in [1.54, 1.807) is 21.0 Å². The number of rotatable bonds is 13. The predicted molar refractivity (Wildman–Crippen MR) is 225 cm³/mol. The van der Waals surface area contributed by atoms with Crippen LogP contribution in [0.1, 0.15) is 128 Å². The number of ether oxygens (including phenoxy) is 8. The van der Waals surface area contributed by atoms with E-state index in [0.29, 0.717) is 49.5 Å². The molecule has 13 heteroatoms. The summed E-state index contributed by atoms with van der Waals surface area (Å²) in [5.41, 5.74) is 1.11. The molecule has 340 valence electrons. The van der Waals surface area contributed by atoms with Crippen LogP contribution in [0, 0.1) is 17.8 Å². The molecule has 4 heterocycles. The molecular formula is C46H78O13. The number of hydrogen-bond donors (Lipinski definition) is 3. The number of fused-ring (bicyclic) bond motifs is 1. The van der Waals surface area contributed by atoms with Gasteiger partial charge in [0.05, 0.1) is 49.3 Å². The Morgan fingerprint density at radius 1 is 1.10 bits per heavy atom. The van der Waals surface area contributed by atoms with Crippen LogP contribution >= 0.6 is 0 Å². The third-order valence-corrected chi connectivity index (χ3v) is 12.6. The molecule has 5 aliphatic rings. The SMILES string of the molecule is CC.CC[C@H](C)C1O[C@]2(CC[C@@H]1C)C[C@@H](O)C[C@@H](C/C=C(\C)[C@@H](O[C@H]1C[C@H](OC)[C@@H](O)[C@H](C)O1)[C@@H](C)/C=C/C=C1\CO[C@@H]3[C@H](OC(=O)OC(C)C)C(C)=CCC13O)O2.O. The van der Waals surface area contributed by atoms with Crippen LogP contribution in [0.3, 0.4) is 0 Å². The number of aliphatic hydroxyl groups is 3. The molecule has 4 saturated heterocycles. The van der Waals surface area contributed by atoms with E-state index in [0.717, 1.165) is 30.4 Å². The minimum absolute atomic E-state index is 0. The van der Waals surface area contributed by atoms with Gasteiger partial charge in [0.25, 0.3) is 0 Å². The molecule has 0 aromatic heterocycles. The molecule has 5 rings (SSSR count). The summed E-state index contributed by atoms with van der Waals surface area (Å²) in [6.07, 6.45) is 8.86. The lowest BCUT2D eigenvalue weighted by molar-refractivity contribution is -0.340. The van der Waals surface area contributed by atoms with Crippen molar-refractivity contribution in [3.8, 4) is 0 Å². The van der Waals surface area contributed by atoms with Gasteiger partial charge in [-0.3, -0.25) is 0 Å². The first-order valence-electron chi connectivity index (χ1n) is 22.0. The van der Waals surface area contributed by atoms with Crippen molar-refractivity contribution in [2.24, 2.45) is 17.8 Å². The Balaban J connectivity index is 0.00000305. The molecule has 13 nitrogen and oxygen atoms in total. The van der Waals surface area contributed by atoms with Crippen molar-refractivity contribution >= 4 is 6.16 Å². The molecule has 1 aliphatic carbocycles. The molecule has 5 N–H and O–H groups in total. The van der Waals surface area contributed by atoms with E-state index in [1.807, 2.05) is 58.9 Å². The monoisotopic (exact) mass is 839 g/mol. The van der Waals surface area contributed by atoms with Crippen molar-refractivity contribution in [1.82, 2.24) is 0 Å². The lowest BCUT2D eigenvalue weighted by Gasteiger charge is -2.50. The maximum atomic E-state index is 12.4. The normalized spacial score (nSPS) is 38.5. The van der Waals surface area contributed by atoms with Crippen molar-refractivity contribution in [3.63, 3.8) is 0 Å². The van der Waals surface area contributed by atoms with Crippen LogP contribution in [0.25, 0.3) is 0 Å². The van der Waals surface area contributed by atoms with Gasteiger partial charge in [-0.25, -0.2) is 4.79 Å². The number of allylic oxidation sites excluding steroid dienone is 2. The van der Waals surface area contributed by atoms with Gasteiger partial charge in [0, 0.05) is 45.1 Å². The minimum Gasteiger partial charge on any atom is -0.432 e. The molecule has 59 heavy (non-hydrogen) atoms. The van der Waals surface area contributed by atoms with Crippen LogP contribution in [0.5, 0.6) is 0 Å². The van der Waals surface area contributed by atoms with Crippen molar-refractivity contribution in [3.05, 3.63) is 47.1 Å². The average Bonchev–Trinajstić information content (AvgIpc) is 3.52. The smallest absolute Gasteiger partial charge is 0.432 e. The molecule has 2 unspecified atom stereocenters. The van der Waals surface area contributed by atoms with Gasteiger partial charge in [-0.2, -0.15) is 0 Å². The Kier molecular flexibility index (Phi) is 19.8. The summed E-state index contributed by atoms with van der Waals surface area (Å²) in [7, 11) is 1.58. The highest BCUT2D eigenvalue weighted by Gasteiger charge is 2.54. The highest BCUT2D eigenvalue weighted by atomic mass is 16.7. The largest absolute Gasteiger partial charge is 0.509 e. The third kappa shape index (κ3) is 12.7. The molecule has 0 aromatic rings. The molecule has 0 radical (unpaired) electrons. The van der Waals surface area contributed by atoms with E-state index < -0.39 is 66.6 Å². The first kappa shape index (κ1) is 51.2. The van der Waals surface area contributed by atoms with Gasteiger partial charge in [0.2, 0.25) is 0 Å². The lowest BCUT2D eigenvalue weighted by Crippen LogP contribution is -2.54. The number of methoxy groups -OCH3 is 1.